The third-order valence-corrected chi connectivity index (χ3v) is 5.40. The van der Waals surface area contributed by atoms with E-state index in [0.29, 0.717) is 30.8 Å². The highest BCUT2D eigenvalue weighted by Gasteiger charge is 2.37. The first-order chi connectivity index (χ1) is 14.0. The fraction of sp³-hybridized carbons (Fsp3) is 0.364. The maximum Gasteiger partial charge on any atom is 0.262 e. The SMILES string of the molecule is Cc1cc(OCC2CCCN(C(=O)CN3C(=O)c4ccccc4C3=O)C2)ccn1. The molecule has 1 fully saturated rings. The van der Waals surface area contributed by atoms with Crippen molar-refractivity contribution >= 4 is 17.7 Å². The van der Waals surface area contributed by atoms with Gasteiger partial charge in [0.05, 0.1) is 17.7 Å². The number of aromatic nitrogens is 1. The Hall–Kier alpha value is -3.22. The summed E-state index contributed by atoms with van der Waals surface area (Å²) in [6, 6.07) is 10.4. The van der Waals surface area contributed by atoms with Crippen LogP contribution in [0.5, 0.6) is 5.75 Å². The van der Waals surface area contributed by atoms with Gasteiger partial charge in [0.15, 0.2) is 0 Å². The van der Waals surface area contributed by atoms with Crippen LogP contribution in [0.1, 0.15) is 39.3 Å². The number of ether oxygens (including phenoxy) is 1. The molecular weight excluding hydrogens is 370 g/mol. The topological polar surface area (TPSA) is 79.8 Å². The molecule has 7 heteroatoms. The summed E-state index contributed by atoms with van der Waals surface area (Å²) in [5.41, 5.74) is 1.62. The van der Waals surface area contributed by atoms with Crippen molar-refractivity contribution < 1.29 is 19.1 Å². The van der Waals surface area contributed by atoms with E-state index < -0.39 is 11.8 Å². The number of hydrogen-bond acceptors (Lipinski definition) is 5. The number of amides is 3. The Morgan fingerprint density at radius 2 is 1.90 bits per heavy atom. The van der Waals surface area contributed by atoms with Crippen LogP contribution >= 0.6 is 0 Å². The number of hydrogen-bond donors (Lipinski definition) is 0. The lowest BCUT2D eigenvalue weighted by Gasteiger charge is -2.33. The Kier molecular flexibility index (Phi) is 5.29. The third kappa shape index (κ3) is 3.99. The lowest BCUT2D eigenvalue weighted by molar-refractivity contribution is -0.133. The molecule has 29 heavy (non-hydrogen) atoms. The first-order valence-electron chi connectivity index (χ1n) is 9.81. The van der Waals surface area contributed by atoms with Gasteiger partial charge in [-0.15, -0.1) is 0 Å². The monoisotopic (exact) mass is 393 g/mol. The van der Waals surface area contributed by atoms with E-state index in [-0.39, 0.29) is 18.4 Å². The van der Waals surface area contributed by atoms with Gasteiger partial charge in [-0.1, -0.05) is 12.1 Å². The van der Waals surface area contributed by atoms with E-state index in [1.165, 1.54) is 0 Å². The van der Waals surface area contributed by atoms with Crippen LogP contribution in [0.3, 0.4) is 0 Å². The molecule has 1 atom stereocenters. The van der Waals surface area contributed by atoms with E-state index in [4.69, 9.17) is 4.74 Å². The Labute approximate surface area is 169 Å². The number of benzene rings is 1. The molecule has 3 amide bonds. The van der Waals surface area contributed by atoms with Crippen LogP contribution in [0.15, 0.2) is 42.6 Å². The zero-order chi connectivity index (χ0) is 20.4. The molecule has 2 aliphatic heterocycles. The summed E-state index contributed by atoms with van der Waals surface area (Å²) in [4.78, 5) is 44.7. The number of fused-ring (bicyclic) bond motifs is 1. The highest BCUT2D eigenvalue weighted by atomic mass is 16.5. The van der Waals surface area contributed by atoms with Gasteiger partial charge in [0, 0.05) is 37.0 Å². The number of aryl methyl sites for hydroxylation is 1. The van der Waals surface area contributed by atoms with E-state index in [9.17, 15) is 14.4 Å². The second-order valence-corrected chi connectivity index (χ2v) is 7.53. The van der Waals surface area contributed by atoms with Gasteiger partial charge in [-0.3, -0.25) is 24.3 Å². The van der Waals surface area contributed by atoms with E-state index in [1.807, 2.05) is 19.1 Å². The van der Waals surface area contributed by atoms with Crippen LogP contribution in [0, 0.1) is 12.8 Å². The van der Waals surface area contributed by atoms with Crippen molar-refractivity contribution in [2.24, 2.45) is 5.92 Å². The Balaban J connectivity index is 1.34. The van der Waals surface area contributed by atoms with Gasteiger partial charge in [-0.25, -0.2) is 0 Å². The van der Waals surface area contributed by atoms with Crippen molar-refractivity contribution in [1.29, 1.82) is 0 Å². The first kappa shape index (κ1) is 19.1. The molecule has 0 saturated carbocycles. The molecule has 1 aromatic heterocycles. The molecule has 0 N–H and O–H groups in total. The molecule has 1 saturated heterocycles. The van der Waals surface area contributed by atoms with Gasteiger partial charge in [0.25, 0.3) is 11.8 Å². The van der Waals surface area contributed by atoms with Gasteiger partial charge in [0.1, 0.15) is 12.3 Å². The summed E-state index contributed by atoms with van der Waals surface area (Å²) in [5.74, 6) is -0.0212. The molecule has 2 aromatic rings. The lowest BCUT2D eigenvalue weighted by atomic mass is 9.99. The maximum absolute atomic E-state index is 12.8. The summed E-state index contributed by atoms with van der Waals surface area (Å²) < 4.78 is 5.87. The van der Waals surface area contributed by atoms with Crippen LogP contribution in [-0.2, 0) is 4.79 Å². The summed E-state index contributed by atoms with van der Waals surface area (Å²) in [6.07, 6.45) is 3.56. The number of carbonyl (C=O) groups is 3. The van der Waals surface area contributed by atoms with Crippen LogP contribution in [0.2, 0.25) is 0 Å². The van der Waals surface area contributed by atoms with Crippen molar-refractivity contribution in [1.82, 2.24) is 14.8 Å². The number of imide groups is 1. The molecule has 3 heterocycles. The van der Waals surface area contributed by atoms with E-state index >= 15 is 0 Å². The predicted molar refractivity (Wildman–Crippen MR) is 106 cm³/mol. The minimum Gasteiger partial charge on any atom is -0.493 e. The van der Waals surface area contributed by atoms with E-state index in [0.717, 1.165) is 29.2 Å². The van der Waals surface area contributed by atoms with Crippen molar-refractivity contribution in [3.05, 3.63) is 59.4 Å². The minimum atomic E-state index is -0.399. The molecule has 4 rings (SSSR count). The standard InChI is InChI=1S/C22H23N3O4/c1-15-11-17(8-9-23-15)29-14-16-5-4-10-24(12-16)20(26)13-25-21(27)18-6-2-3-7-19(18)22(25)28/h2-3,6-9,11,16H,4-5,10,12-14H2,1H3. The highest BCUT2D eigenvalue weighted by Crippen LogP contribution is 2.24. The van der Waals surface area contributed by atoms with Gasteiger partial charge >= 0.3 is 0 Å². The molecular formula is C22H23N3O4. The largest absolute Gasteiger partial charge is 0.493 e. The summed E-state index contributed by atoms with van der Waals surface area (Å²) in [6.45, 7) is 3.40. The Morgan fingerprint density at radius 1 is 1.17 bits per heavy atom. The minimum absolute atomic E-state index is 0.205. The predicted octanol–water partition coefficient (Wildman–Crippen LogP) is 2.30. The zero-order valence-electron chi connectivity index (χ0n) is 16.3. The van der Waals surface area contributed by atoms with Crippen molar-refractivity contribution in [3.8, 4) is 5.75 Å². The number of pyridine rings is 1. The molecule has 0 spiro atoms. The first-order valence-corrected chi connectivity index (χ1v) is 9.81. The Bertz CT molecular complexity index is 924. The van der Waals surface area contributed by atoms with Crippen molar-refractivity contribution in [3.63, 3.8) is 0 Å². The summed E-state index contributed by atoms with van der Waals surface area (Å²) in [7, 11) is 0. The molecule has 0 bridgehead atoms. The fourth-order valence-corrected chi connectivity index (χ4v) is 3.87. The van der Waals surface area contributed by atoms with Crippen LogP contribution in [-0.4, -0.2) is 58.7 Å². The molecule has 7 nitrogen and oxygen atoms in total. The third-order valence-electron chi connectivity index (χ3n) is 5.40. The number of rotatable bonds is 5. The number of likely N-dealkylation sites (tertiary alicyclic amines) is 1. The van der Waals surface area contributed by atoms with Crippen molar-refractivity contribution in [2.45, 2.75) is 19.8 Å². The summed E-state index contributed by atoms with van der Waals surface area (Å²) in [5, 5.41) is 0. The van der Waals surface area contributed by atoms with Crippen LogP contribution in [0.25, 0.3) is 0 Å². The molecule has 1 aromatic carbocycles. The normalized spacial score (nSPS) is 18.7. The zero-order valence-corrected chi connectivity index (χ0v) is 16.3. The fourth-order valence-electron chi connectivity index (χ4n) is 3.87. The lowest BCUT2D eigenvalue weighted by Crippen LogP contribution is -2.47. The molecule has 0 aliphatic carbocycles. The van der Waals surface area contributed by atoms with E-state index in [2.05, 4.69) is 4.98 Å². The van der Waals surface area contributed by atoms with Gasteiger partial charge in [-0.2, -0.15) is 0 Å². The van der Waals surface area contributed by atoms with Crippen molar-refractivity contribution in [2.75, 3.05) is 26.2 Å². The number of carbonyl (C=O) groups excluding carboxylic acids is 3. The Morgan fingerprint density at radius 3 is 2.59 bits per heavy atom. The van der Waals surface area contributed by atoms with Gasteiger partial charge in [-0.05, 0) is 38.0 Å². The van der Waals surface area contributed by atoms with Gasteiger partial charge in [0.2, 0.25) is 5.91 Å². The maximum atomic E-state index is 12.8. The number of piperidine rings is 1. The molecule has 0 radical (unpaired) electrons. The molecule has 2 aliphatic rings. The average molecular weight is 393 g/mol. The second-order valence-electron chi connectivity index (χ2n) is 7.53. The van der Waals surface area contributed by atoms with E-state index in [1.54, 1.807) is 35.4 Å². The average Bonchev–Trinajstić information content (AvgIpc) is 2.98. The smallest absolute Gasteiger partial charge is 0.262 e. The molecule has 150 valence electrons. The second kappa shape index (κ2) is 8.03. The molecule has 1 unspecified atom stereocenters. The quantitative estimate of drug-likeness (QED) is 0.729. The number of nitrogens with zero attached hydrogens (tertiary/aromatic N) is 3. The summed E-state index contributed by atoms with van der Waals surface area (Å²) >= 11 is 0. The van der Waals surface area contributed by atoms with Gasteiger partial charge < -0.3 is 9.64 Å². The van der Waals surface area contributed by atoms with Crippen LogP contribution < -0.4 is 4.74 Å². The highest BCUT2D eigenvalue weighted by molar-refractivity contribution is 6.22. The van der Waals surface area contributed by atoms with Crippen LogP contribution in [0.4, 0.5) is 0 Å².